The minimum Gasteiger partial charge on any atom is -0.353 e. The lowest BCUT2D eigenvalue weighted by atomic mass is 9.75. The van der Waals surface area contributed by atoms with Crippen molar-refractivity contribution in [2.45, 2.75) is 89.8 Å². The Kier molecular flexibility index (Phi) is 6.11. The van der Waals surface area contributed by atoms with E-state index < -0.39 is 0 Å². The summed E-state index contributed by atoms with van der Waals surface area (Å²) >= 11 is 0. The molecule has 1 aromatic heterocycles. The van der Waals surface area contributed by atoms with Gasteiger partial charge in [-0.25, -0.2) is 0 Å². The maximum absolute atomic E-state index is 12.9. The first-order chi connectivity index (χ1) is 13.2. The molecule has 0 aromatic carbocycles. The van der Waals surface area contributed by atoms with Crippen molar-refractivity contribution in [2.75, 3.05) is 13.1 Å². The van der Waals surface area contributed by atoms with Crippen molar-refractivity contribution in [1.29, 1.82) is 0 Å². The Balaban J connectivity index is 1.30. The summed E-state index contributed by atoms with van der Waals surface area (Å²) in [5, 5.41) is 12.0. The van der Waals surface area contributed by atoms with Gasteiger partial charge in [-0.3, -0.25) is 14.4 Å². The smallest absolute Gasteiger partial charge is 0.224 e. The van der Waals surface area contributed by atoms with Gasteiger partial charge in [-0.05, 0) is 51.0 Å². The van der Waals surface area contributed by atoms with Gasteiger partial charge >= 0.3 is 0 Å². The van der Waals surface area contributed by atoms with E-state index in [2.05, 4.69) is 33.6 Å². The largest absolute Gasteiger partial charge is 0.353 e. The molecule has 0 radical (unpaired) electrons. The number of nitrogens with zero attached hydrogens (tertiary/aromatic N) is 4. The summed E-state index contributed by atoms with van der Waals surface area (Å²) < 4.78 is 2.02. The van der Waals surface area contributed by atoms with Gasteiger partial charge < -0.3 is 5.32 Å². The van der Waals surface area contributed by atoms with Crippen molar-refractivity contribution in [3.63, 3.8) is 0 Å². The third-order valence-electron chi connectivity index (χ3n) is 6.94. The van der Waals surface area contributed by atoms with Gasteiger partial charge in [0.15, 0.2) is 0 Å². The molecule has 150 valence electrons. The quantitative estimate of drug-likeness (QED) is 0.798. The number of hydrogen-bond donors (Lipinski definition) is 1. The molecule has 0 spiro atoms. The van der Waals surface area contributed by atoms with Crippen LogP contribution in [0.15, 0.2) is 6.20 Å². The number of carbonyl (C=O) groups is 1. The SMILES string of the molecule is CCCCc1cn(C[C@H]2C[C@H]3CCN2C[C@@H]3C(=O)NC2CCCCC2)nn1. The average molecular weight is 374 g/mol. The maximum atomic E-state index is 12.9. The standard InChI is InChI=1S/C21H35N5O/c1-2-3-7-18-13-26(24-23-18)14-19-12-16-10-11-25(19)15-20(16)21(27)22-17-8-5-4-6-9-17/h13,16-17,19-20H,2-12,14-15H2,1H3,(H,22,27)/t16-,19-,20+/m1/s1. The van der Waals surface area contributed by atoms with E-state index in [1.807, 2.05) is 4.68 Å². The summed E-state index contributed by atoms with van der Waals surface area (Å²) in [6.45, 7) is 5.16. The average Bonchev–Trinajstić information content (AvgIpc) is 3.15. The molecular weight excluding hydrogens is 338 g/mol. The molecule has 4 aliphatic rings. The fraction of sp³-hybridized carbons (Fsp3) is 0.857. The highest BCUT2D eigenvalue weighted by Gasteiger charge is 2.43. The predicted molar refractivity (Wildman–Crippen MR) is 105 cm³/mol. The normalized spacial score (nSPS) is 31.1. The molecule has 5 rings (SSSR count). The van der Waals surface area contributed by atoms with Crippen LogP contribution >= 0.6 is 0 Å². The van der Waals surface area contributed by atoms with Gasteiger partial charge in [-0.2, -0.15) is 0 Å². The van der Waals surface area contributed by atoms with E-state index in [0.717, 1.165) is 38.2 Å². The van der Waals surface area contributed by atoms with E-state index in [1.165, 1.54) is 51.4 Å². The van der Waals surface area contributed by atoms with Gasteiger partial charge in [0.05, 0.1) is 18.2 Å². The molecule has 4 heterocycles. The zero-order chi connectivity index (χ0) is 18.6. The second kappa shape index (κ2) is 8.72. The Morgan fingerprint density at radius 2 is 2.11 bits per heavy atom. The van der Waals surface area contributed by atoms with Crippen molar-refractivity contribution in [2.24, 2.45) is 11.8 Å². The van der Waals surface area contributed by atoms with E-state index in [0.29, 0.717) is 23.9 Å². The number of fused-ring (bicyclic) bond motifs is 3. The molecule has 1 N–H and O–H groups in total. The van der Waals surface area contributed by atoms with Crippen LogP contribution in [0.25, 0.3) is 0 Å². The van der Waals surface area contributed by atoms with Gasteiger partial charge in [-0.1, -0.05) is 37.8 Å². The van der Waals surface area contributed by atoms with Crippen molar-refractivity contribution in [3.05, 3.63) is 11.9 Å². The van der Waals surface area contributed by atoms with E-state index in [1.54, 1.807) is 0 Å². The maximum Gasteiger partial charge on any atom is 0.224 e. The molecule has 1 aliphatic carbocycles. The van der Waals surface area contributed by atoms with Gasteiger partial charge in [-0.15, -0.1) is 5.10 Å². The van der Waals surface area contributed by atoms with Crippen LogP contribution in [-0.4, -0.2) is 51.0 Å². The Bertz CT molecular complexity index is 624. The second-order valence-electron chi connectivity index (χ2n) is 8.92. The molecule has 3 aliphatic heterocycles. The molecule has 27 heavy (non-hydrogen) atoms. The zero-order valence-corrected chi connectivity index (χ0v) is 16.8. The molecule has 1 aromatic rings. The van der Waals surface area contributed by atoms with E-state index in [4.69, 9.17) is 0 Å². The van der Waals surface area contributed by atoms with E-state index in [9.17, 15) is 4.79 Å². The molecule has 2 bridgehead atoms. The Labute approximate surface area is 163 Å². The van der Waals surface area contributed by atoms with Crippen LogP contribution in [-0.2, 0) is 17.8 Å². The number of unbranched alkanes of at least 4 members (excludes halogenated alkanes) is 1. The van der Waals surface area contributed by atoms with E-state index >= 15 is 0 Å². The number of aryl methyl sites for hydroxylation is 1. The molecular formula is C21H35N5O. The highest BCUT2D eigenvalue weighted by atomic mass is 16.2. The third kappa shape index (κ3) is 4.53. The second-order valence-corrected chi connectivity index (χ2v) is 8.92. The predicted octanol–water partition coefficient (Wildman–Crippen LogP) is 2.78. The van der Waals surface area contributed by atoms with Gasteiger partial charge in [0.1, 0.15) is 0 Å². The molecule has 1 saturated carbocycles. The number of amides is 1. The molecule has 3 saturated heterocycles. The highest BCUT2D eigenvalue weighted by Crippen LogP contribution is 2.37. The number of hydrogen-bond acceptors (Lipinski definition) is 4. The summed E-state index contributed by atoms with van der Waals surface area (Å²) in [4.78, 5) is 15.4. The van der Waals surface area contributed by atoms with Crippen molar-refractivity contribution < 1.29 is 4.79 Å². The number of nitrogens with one attached hydrogen (secondary N) is 1. The van der Waals surface area contributed by atoms with Crippen molar-refractivity contribution in [1.82, 2.24) is 25.2 Å². The summed E-state index contributed by atoms with van der Waals surface area (Å²) in [5.74, 6) is 1.04. The Hall–Kier alpha value is -1.43. The lowest BCUT2D eigenvalue weighted by Crippen LogP contribution is -2.58. The molecule has 4 atom stereocenters. The van der Waals surface area contributed by atoms with Crippen LogP contribution in [0.2, 0.25) is 0 Å². The zero-order valence-electron chi connectivity index (χ0n) is 16.8. The van der Waals surface area contributed by atoms with Crippen LogP contribution in [0.4, 0.5) is 0 Å². The summed E-state index contributed by atoms with van der Waals surface area (Å²) in [7, 11) is 0. The number of rotatable bonds is 7. The Morgan fingerprint density at radius 3 is 2.85 bits per heavy atom. The first kappa shape index (κ1) is 18.9. The van der Waals surface area contributed by atoms with Crippen LogP contribution < -0.4 is 5.32 Å². The summed E-state index contributed by atoms with van der Waals surface area (Å²) in [6.07, 6.45) is 14.0. The number of aromatic nitrogens is 3. The van der Waals surface area contributed by atoms with Gasteiger partial charge in [0, 0.05) is 24.8 Å². The summed E-state index contributed by atoms with van der Waals surface area (Å²) in [5.41, 5.74) is 1.11. The fourth-order valence-electron chi connectivity index (χ4n) is 5.30. The molecule has 4 fully saturated rings. The minimum atomic E-state index is 0.188. The van der Waals surface area contributed by atoms with E-state index in [-0.39, 0.29) is 5.92 Å². The number of piperidine rings is 3. The third-order valence-corrected chi connectivity index (χ3v) is 6.94. The van der Waals surface area contributed by atoms with Crippen LogP contribution in [0.1, 0.15) is 70.4 Å². The van der Waals surface area contributed by atoms with Crippen LogP contribution in [0.3, 0.4) is 0 Å². The molecule has 6 nitrogen and oxygen atoms in total. The van der Waals surface area contributed by atoms with Gasteiger partial charge in [0.2, 0.25) is 5.91 Å². The molecule has 1 amide bonds. The molecule has 6 heteroatoms. The lowest BCUT2D eigenvalue weighted by Gasteiger charge is -2.49. The minimum absolute atomic E-state index is 0.188. The molecule has 1 unspecified atom stereocenters. The monoisotopic (exact) mass is 373 g/mol. The summed E-state index contributed by atoms with van der Waals surface area (Å²) in [6, 6.07) is 0.928. The number of carbonyl (C=O) groups excluding carboxylic acids is 1. The lowest BCUT2D eigenvalue weighted by molar-refractivity contribution is -0.134. The first-order valence-electron chi connectivity index (χ1n) is 11.2. The van der Waals surface area contributed by atoms with Crippen LogP contribution in [0, 0.1) is 11.8 Å². The highest BCUT2D eigenvalue weighted by molar-refractivity contribution is 5.79. The van der Waals surface area contributed by atoms with Crippen molar-refractivity contribution >= 4 is 5.91 Å². The topological polar surface area (TPSA) is 63.1 Å². The fourth-order valence-corrected chi connectivity index (χ4v) is 5.30. The van der Waals surface area contributed by atoms with Crippen molar-refractivity contribution in [3.8, 4) is 0 Å². The van der Waals surface area contributed by atoms with Crippen LogP contribution in [0.5, 0.6) is 0 Å². The first-order valence-corrected chi connectivity index (χ1v) is 11.2. The Morgan fingerprint density at radius 1 is 1.26 bits per heavy atom. The van der Waals surface area contributed by atoms with Gasteiger partial charge in [0.25, 0.3) is 0 Å².